The maximum absolute atomic E-state index is 13.9. The highest BCUT2D eigenvalue weighted by molar-refractivity contribution is 5.76. The van der Waals surface area contributed by atoms with Gasteiger partial charge in [0.15, 0.2) is 25.1 Å². The van der Waals surface area contributed by atoms with Gasteiger partial charge >= 0.3 is 11.9 Å². The normalized spacial score (nSPS) is 45.2. The SMILES string of the molecule is CC(=O)NC1[C@H](O[C@H]2C(CO)O[C@@H](O[C@@H]3C(CO)O[C@@H](N(C)OCCN)C(O)[C@H]3O)C(O)[C@H]2O[C@]2(C(=O)O)CC(O)[C@@H](C)[C@H]([C@H](O)[C@@H](CO)O[C@]3(C(=O)O)CC(O)[C@@H](C)[C@H]([C@H](O)[C@H](O)CO)O3)O2)OC(CO)[C@H](O)[C@@H]1O[C@@H]1OC(CO)[C@H](O)[C@H](O)C1O. The van der Waals surface area contributed by atoms with Crippen molar-refractivity contribution in [1.29, 1.82) is 0 Å². The van der Waals surface area contributed by atoms with Crippen molar-refractivity contribution >= 4 is 17.8 Å². The maximum atomic E-state index is 13.9. The summed E-state index contributed by atoms with van der Waals surface area (Å²) in [4.78, 5) is 45.3. The van der Waals surface area contributed by atoms with Crippen LogP contribution in [0, 0.1) is 11.8 Å². The molecule has 0 spiro atoms. The van der Waals surface area contributed by atoms with E-state index < -0.39 is 265 Å². The van der Waals surface area contributed by atoms with E-state index in [9.17, 15) is 117 Å². The van der Waals surface area contributed by atoms with Crippen LogP contribution in [0.15, 0.2) is 0 Å². The number of nitrogens with zero attached hydrogens (tertiary/aromatic N) is 1. The summed E-state index contributed by atoms with van der Waals surface area (Å²) >= 11 is 0. The largest absolute Gasteiger partial charge is 0.477 e. The zero-order chi connectivity index (χ0) is 64.9. The van der Waals surface area contributed by atoms with E-state index in [1.807, 2.05) is 0 Å². The first-order chi connectivity index (χ1) is 40.9. The second-order valence-corrected chi connectivity index (χ2v) is 22.2. The molecule has 38 heteroatoms. The van der Waals surface area contributed by atoms with Crippen molar-refractivity contribution in [2.45, 2.75) is 217 Å². The number of carbonyl (C=O) groups excluding carboxylic acids is 1. The van der Waals surface area contributed by atoms with Crippen LogP contribution in [0.5, 0.6) is 0 Å². The lowest BCUT2D eigenvalue weighted by molar-refractivity contribution is -0.406. The molecule has 32 atom stereocenters. The number of carboxylic acids is 2. The first kappa shape index (κ1) is 73.2. The van der Waals surface area contributed by atoms with Gasteiger partial charge in [0, 0.05) is 45.2 Å². The smallest absolute Gasteiger partial charge is 0.364 e. The molecule has 87 heavy (non-hydrogen) atoms. The number of rotatable bonds is 27. The number of carboxylic acid groups (broad SMARTS) is 2. The average Bonchev–Trinajstić information content (AvgIpc) is 0.915. The van der Waals surface area contributed by atoms with Crippen LogP contribution < -0.4 is 11.1 Å². The number of aliphatic carboxylic acids is 2. The first-order valence-electron chi connectivity index (χ1n) is 27.9. The van der Waals surface area contributed by atoms with E-state index >= 15 is 0 Å². The van der Waals surface area contributed by atoms with Gasteiger partial charge in [0.05, 0.1) is 70.7 Å². The van der Waals surface area contributed by atoms with Crippen molar-refractivity contribution < 1.29 is 173 Å². The number of carbonyl (C=O) groups is 3. The molecule has 6 saturated heterocycles. The number of amides is 1. The highest BCUT2D eigenvalue weighted by Gasteiger charge is 2.63. The van der Waals surface area contributed by atoms with Crippen LogP contribution in [0.1, 0.15) is 33.6 Å². The fourth-order valence-electron chi connectivity index (χ4n) is 11.3. The summed E-state index contributed by atoms with van der Waals surface area (Å²) in [7, 11) is 1.29. The Labute approximate surface area is 495 Å². The number of hydrogen-bond donors (Lipinski definition) is 22. The lowest BCUT2D eigenvalue weighted by atomic mass is 9.83. The summed E-state index contributed by atoms with van der Waals surface area (Å²) in [6.07, 6.45) is -57.4. The number of ether oxygens (including phenoxy) is 11. The Morgan fingerprint density at radius 1 is 0.586 bits per heavy atom. The molecule has 1 amide bonds. The highest BCUT2D eigenvalue weighted by atomic mass is 16.8. The van der Waals surface area contributed by atoms with E-state index in [4.69, 9.17) is 62.7 Å². The number of hydroxylamine groups is 2. The summed E-state index contributed by atoms with van der Waals surface area (Å²) in [5, 5.41) is 222. The lowest BCUT2D eigenvalue weighted by Crippen LogP contribution is -2.71. The predicted octanol–water partition coefficient (Wildman–Crippen LogP) is -13.2. The minimum atomic E-state index is -3.43. The van der Waals surface area contributed by atoms with E-state index in [0.29, 0.717) is 0 Å². The summed E-state index contributed by atoms with van der Waals surface area (Å²) in [5.74, 6) is -14.3. The molecule has 0 aromatic carbocycles. The van der Waals surface area contributed by atoms with Crippen molar-refractivity contribution in [3.63, 3.8) is 0 Å². The lowest BCUT2D eigenvalue weighted by Gasteiger charge is -2.53. The fourth-order valence-corrected chi connectivity index (χ4v) is 11.3. The molecular formula is C49H85N3O35. The Balaban J connectivity index is 1.42. The van der Waals surface area contributed by atoms with E-state index in [2.05, 4.69) is 5.32 Å². The van der Waals surface area contributed by atoms with Crippen molar-refractivity contribution in [2.75, 3.05) is 59.8 Å². The standard InChI is InChI=1S/C49H85N3O35/c1-15-18(60)7-48(46(72)73,85-36(15)27(63)20(62)9-53)84-23(12-56)30(66)37-16(2)19(61)8-49(86-37,47(74)75)87-41-35(71)45(81-38-24(13-57)77-42(33(69)32(38)68)52(4)76-6-5-50)80-25(14-58)39(41)82-43-26(51-17(3)59)40(29(65)22(11-55)78-43)83-44-34(70)31(67)28(64)21(10-54)79-44/h15-16,18-45,53-58,60-71H,5-14,50H2,1-4H3,(H,51,59)(H,72,73)(H,74,75)/t15-,16-,18?,19?,20-,21?,22?,23-,24?,25?,26?,27-,28+,29+,30-,31+,32-,33?,34?,35?,36-,37-,38-,39+,40-,41-,42-,43+,44+,45+,48-,49+/m1/s1. The van der Waals surface area contributed by atoms with E-state index in [-0.39, 0.29) is 13.2 Å². The van der Waals surface area contributed by atoms with Crippen LogP contribution in [0.25, 0.3) is 0 Å². The molecule has 23 N–H and O–H groups in total. The van der Waals surface area contributed by atoms with Crippen LogP contribution in [-0.2, 0) is 71.3 Å². The third-order valence-corrected chi connectivity index (χ3v) is 16.3. The van der Waals surface area contributed by atoms with Gasteiger partial charge in [-0.1, -0.05) is 13.8 Å². The fraction of sp³-hybridized carbons (Fsp3) is 0.939. The Bertz CT molecular complexity index is 2180. The monoisotopic (exact) mass is 1280 g/mol. The molecule has 0 aliphatic carbocycles. The third kappa shape index (κ3) is 15.6. The zero-order valence-corrected chi connectivity index (χ0v) is 47.5. The van der Waals surface area contributed by atoms with Gasteiger partial charge in [0.2, 0.25) is 5.91 Å². The van der Waals surface area contributed by atoms with Gasteiger partial charge in [-0.15, -0.1) is 0 Å². The molecular weight excluding hydrogens is 1190 g/mol. The van der Waals surface area contributed by atoms with Crippen LogP contribution >= 0.6 is 0 Å². The highest BCUT2D eigenvalue weighted by Crippen LogP contribution is 2.44. The van der Waals surface area contributed by atoms with E-state index in [0.717, 1.165) is 12.0 Å². The van der Waals surface area contributed by atoms with Gasteiger partial charge in [0.25, 0.3) is 11.6 Å². The Morgan fingerprint density at radius 2 is 1.08 bits per heavy atom. The molecule has 0 aromatic heterocycles. The number of aliphatic hydroxyl groups is 18. The van der Waals surface area contributed by atoms with Crippen LogP contribution in [-0.4, -0.2) is 368 Å². The average molecular weight is 1280 g/mol. The van der Waals surface area contributed by atoms with Gasteiger partial charge in [0.1, 0.15) is 122 Å². The number of likely N-dealkylation sites (N-methyl/N-ethyl adjacent to an activating group) is 1. The molecule has 0 aromatic rings. The summed E-state index contributed by atoms with van der Waals surface area (Å²) in [6.45, 7) is -3.49. The molecule has 10 unspecified atom stereocenters. The van der Waals surface area contributed by atoms with Gasteiger partial charge in [-0.25, -0.2) is 9.59 Å². The molecule has 0 bridgehead atoms. The number of hydrogen-bond acceptors (Lipinski definition) is 35. The maximum Gasteiger partial charge on any atom is 0.364 e. The molecule has 6 aliphatic heterocycles. The van der Waals surface area contributed by atoms with Crippen molar-refractivity contribution in [1.82, 2.24) is 10.4 Å². The molecule has 6 aliphatic rings. The molecule has 6 heterocycles. The quantitative estimate of drug-likeness (QED) is 0.0340. The van der Waals surface area contributed by atoms with E-state index in [1.165, 1.54) is 20.9 Å². The minimum absolute atomic E-state index is 0.00477. The van der Waals surface area contributed by atoms with Gasteiger partial charge in [-0.3, -0.25) is 9.63 Å². The number of aliphatic hydroxyl groups excluding tert-OH is 18. The number of nitrogens with one attached hydrogen (secondary N) is 1. The van der Waals surface area contributed by atoms with Crippen molar-refractivity contribution in [3.8, 4) is 0 Å². The second-order valence-electron chi connectivity index (χ2n) is 22.2. The van der Waals surface area contributed by atoms with E-state index in [1.54, 1.807) is 0 Å². The Kier molecular flexibility index (Phi) is 26.2. The second kappa shape index (κ2) is 31.2. The van der Waals surface area contributed by atoms with Crippen LogP contribution in [0.2, 0.25) is 0 Å². The Morgan fingerprint density at radius 3 is 1.62 bits per heavy atom. The molecule has 506 valence electrons. The molecule has 0 radical (unpaired) electrons. The van der Waals surface area contributed by atoms with Gasteiger partial charge in [-0.2, -0.15) is 5.06 Å². The zero-order valence-electron chi connectivity index (χ0n) is 47.5. The molecule has 6 rings (SSSR count). The van der Waals surface area contributed by atoms with Gasteiger partial charge < -0.3 is 165 Å². The topological polar surface area (TPSA) is 608 Å². The van der Waals surface area contributed by atoms with Gasteiger partial charge in [-0.05, 0) is 0 Å². The summed E-state index contributed by atoms with van der Waals surface area (Å²) < 4.78 is 64.9. The third-order valence-electron chi connectivity index (χ3n) is 16.3. The van der Waals surface area contributed by atoms with Crippen molar-refractivity contribution in [3.05, 3.63) is 0 Å². The molecule has 6 fully saturated rings. The van der Waals surface area contributed by atoms with Crippen LogP contribution in [0.4, 0.5) is 0 Å². The number of nitrogens with two attached hydrogens (primary N) is 1. The summed E-state index contributed by atoms with van der Waals surface area (Å²) in [6, 6.07) is -1.93. The summed E-state index contributed by atoms with van der Waals surface area (Å²) in [5.41, 5.74) is 5.52. The predicted molar refractivity (Wildman–Crippen MR) is 272 cm³/mol. The Hall–Kier alpha value is -2.87. The molecule has 0 saturated carbocycles. The van der Waals surface area contributed by atoms with Crippen LogP contribution in [0.3, 0.4) is 0 Å². The molecule has 38 nitrogen and oxygen atoms in total. The minimum Gasteiger partial charge on any atom is -0.477 e. The van der Waals surface area contributed by atoms with Crippen molar-refractivity contribution in [2.24, 2.45) is 17.6 Å². The first-order valence-corrected chi connectivity index (χ1v) is 27.9.